The Balaban J connectivity index is 2.06. The van der Waals surface area contributed by atoms with Gasteiger partial charge in [-0.3, -0.25) is 14.6 Å². The van der Waals surface area contributed by atoms with Crippen LogP contribution in [-0.4, -0.2) is 34.1 Å². The Morgan fingerprint density at radius 3 is 2.53 bits per heavy atom. The fourth-order valence-corrected chi connectivity index (χ4v) is 3.43. The highest BCUT2D eigenvalue weighted by Gasteiger charge is 2.18. The van der Waals surface area contributed by atoms with E-state index in [0.717, 1.165) is 11.1 Å². The maximum atomic E-state index is 13.2. The van der Waals surface area contributed by atoms with Gasteiger partial charge < -0.3 is 14.0 Å². The molecule has 0 fully saturated rings. The molecule has 152 valence electrons. The monoisotopic (exact) mass is 404 g/mol. The normalized spacial score (nSPS) is 11.0. The summed E-state index contributed by atoms with van der Waals surface area (Å²) in [5, 5.41) is 8.85. The van der Waals surface area contributed by atoms with Gasteiger partial charge in [0.2, 0.25) is 0 Å². The van der Waals surface area contributed by atoms with E-state index in [9.17, 15) is 9.59 Å². The first kappa shape index (κ1) is 19.4. The van der Waals surface area contributed by atoms with E-state index in [-0.39, 0.29) is 28.5 Å². The van der Waals surface area contributed by atoms with Gasteiger partial charge in [0.1, 0.15) is 28.1 Å². The summed E-state index contributed by atoms with van der Waals surface area (Å²) in [6.45, 7) is 2.12. The number of esters is 1. The molecule has 0 spiro atoms. The summed E-state index contributed by atoms with van der Waals surface area (Å²) >= 11 is 0. The third kappa shape index (κ3) is 3.12. The summed E-state index contributed by atoms with van der Waals surface area (Å²) in [5.41, 5.74) is 2.15. The average molecular weight is 404 g/mol. The molecular weight excluding hydrogens is 384 g/mol. The van der Waals surface area contributed by atoms with Crippen molar-refractivity contribution in [3.05, 3.63) is 81.2 Å². The van der Waals surface area contributed by atoms with Crippen LogP contribution in [-0.2, 0) is 11.3 Å². The number of ether oxygens (including phenoxy) is 2. The van der Waals surface area contributed by atoms with Crippen molar-refractivity contribution in [2.24, 2.45) is 0 Å². The molecule has 0 aliphatic heterocycles. The number of methoxy groups -OCH3 is 2. The van der Waals surface area contributed by atoms with Gasteiger partial charge in [0.25, 0.3) is 5.56 Å². The molecule has 3 aromatic heterocycles. The maximum Gasteiger partial charge on any atom is 0.341 e. The van der Waals surface area contributed by atoms with E-state index >= 15 is 0 Å². The Kier molecular flexibility index (Phi) is 4.83. The summed E-state index contributed by atoms with van der Waals surface area (Å²) in [6, 6.07) is 12.4. The zero-order valence-electron chi connectivity index (χ0n) is 16.8. The number of rotatable bonds is 4. The van der Waals surface area contributed by atoms with Crippen molar-refractivity contribution in [3.8, 4) is 5.75 Å². The van der Waals surface area contributed by atoms with Gasteiger partial charge in [-0.1, -0.05) is 18.2 Å². The Labute approximate surface area is 171 Å². The molecule has 1 aromatic carbocycles. The Bertz CT molecular complexity index is 1400. The number of nitrogens with zero attached hydrogens (tertiary/aromatic N) is 3. The van der Waals surface area contributed by atoms with Gasteiger partial charge in [0.05, 0.1) is 26.2 Å². The van der Waals surface area contributed by atoms with Crippen molar-refractivity contribution in [3.63, 3.8) is 0 Å². The number of aromatic nitrogens is 3. The molecular formula is C22H20N4O4. The topological polar surface area (TPSA) is 98.7 Å². The largest absolute Gasteiger partial charge is 0.497 e. The third-order valence-corrected chi connectivity index (χ3v) is 5.04. The summed E-state index contributed by atoms with van der Waals surface area (Å²) < 4.78 is 13.0. The van der Waals surface area contributed by atoms with Crippen molar-refractivity contribution in [1.82, 2.24) is 14.0 Å². The van der Waals surface area contributed by atoms with E-state index in [1.54, 1.807) is 23.9 Å². The quantitative estimate of drug-likeness (QED) is 0.416. The second-order valence-electron chi connectivity index (χ2n) is 6.87. The second kappa shape index (κ2) is 7.47. The molecule has 0 saturated heterocycles. The van der Waals surface area contributed by atoms with Gasteiger partial charge in [0, 0.05) is 6.20 Å². The molecule has 0 bridgehead atoms. The van der Waals surface area contributed by atoms with Gasteiger partial charge in [-0.25, -0.2) is 9.78 Å². The lowest BCUT2D eigenvalue weighted by molar-refractivity contribution is 0.0597. The fourth-order valence-electron chi connectivity index (χ4n) is 3.43. The zero-order valence-corrected chi connectivity index (χ0v) is 16.8. The number of hydrogen-bond donors (Lipinski definition) is 1. The lowest BCUT2D eigenvalue weighted by Crippen LogP contribution is -2.31. The molecule has 0 aliphatic rings. The number of pyridine rings is 2. The van der Waals surface area contributed by atoms with Crippen LogP contribution in [0.3, 0.4) is 0 Å². The molecule has 3 heterocycles. The van der Waals surface area contributed by atoms with Crippen LogP contribution < -0.4 is 15.8 Å². The predicted octanol–water partition coefficient (Wildman–Crippen LogP) is 2.28. The summed E-state index contributed by atoms with van der Waals surface area (Å²) in [4.78, 5) is 30.2. The van der Waals surface area contributed by atoms with E-state index in [1.165, 1.54) is 17.6 Å². The fraction of sp³-hybridized carbons (Fsp3) is 0.182. The molecule has 1 N–H and O–H groups in total. The van der Waals surface area contributed by atoms with E-state index in [0.29, 0.717) is 17.0 Å². The third-order valence-electron chi connectivity index (χ3n) is 5.04. The Hall–Kier alpha value is -3.94. The van der Waals surface area contributed by atoms with Crippen LogP contribution in [0.1, 0.15) is 21.5 Å². The van der Waals surface area contributed by atoms with Gasteiger partial charge in [-0.05, 0) is 42.3 Å². The maximum absolute atomic E-state index is 13.2. The first-order valence-corrected chi connectivity index (χ1v) is 9.26. The lowest BCUT2D eigenvalue weighted by Gasteiger charge is -2.15. The minimum atomic E-state index is -0.681. The van der Waals surface area contributed by atoms with Crippen LogP contribution in [0.25, 0.3) is 16.7 Å². The molecule has 8 nitrogen and oxygen atoms in total. The average Bonchev–Trinajstić information content (AvgIpc) is 2.76. The van der Waals surface area contributed by atoms with E-state index < -0.39 is 5.97 Å². The molecule has 4 rings (SSSR count). The summed E-state index contributed by atoms with van der Waals surface area (Å²) in [7, 11) is 2.83. The van der Waals surface area contributed by atoms with Gasteiger partial charge >= 0.3 is 5.97 Å². The highest BCUT2D eigenvalue weighted by Crippen LogP contribution is 2.16. The lowest BCUT2D eigenvalue weighted by atomic mass is 10.1. The molecule has 0 radical (unpaired) electrons. The number of nitrogens with one attached hydrogen (secondary N) is 1. The molecule has 0 amide bonds. The highest BCUT2D eigenvalue weighted by atomic mass is 16.5. The molecule has 0 atom stereocenters. The van der Waals surface area contributed by atoms with Gasteiger partial charge in [-0.15, -0.1) is 0 Å². The van der Waals surface area contributed by atoms with Gasteiger partial charge in [0.15, 0.2) is 0 Å². The molecule has 8 heteroatoms. The highest BCUT2D eigenvalue weighted by molar-refractivity contribution is 5.93. The number of benzene rings is 1. The smallest absolute Gasteiger partial charge is 0.341 e. The zero-order chi connectivity index (χ0) is 21.4. The number of carbonyl (C=O) groups excluding carboxylic acids is 1. The van der Waals surface area contributed by atoms with Crippen LogP contribution in [0.4, 0.5) is 0 Å². The number of aryl methyl sites for hydroxylation is 1. The van der Waals surface area contributed by atoms with Crippen molar-refractivity contribution >= 4 is 22.6 Å². The molecule has 0 unspecified atom stereocenters. The van der Waals surface area contributed by atoms with E-state index in [1.807, 2.05) is 37.3 Å². The van der Waals surface area contributed by atoms with Crippen LogP contribution in [0.15, 0.2) is 53.5 Å². The van der Waals surface area contributed by atoms with Crippen molar-refractivity contribution in [2.45, 2.75) is 13.5 Å². The second-order valence-corrected chi connectivity index (χ2v) is 6.87. The SMILES string of the molecule is COC(=O)c1cc2c(=O)n3cccc(C)c3nc2n(Cc2ccc(OC)cc2)c1=N. The van der Waals surface area contributed by atoms with Crippen LogP contribution >= 0.6 is 0 Å². The number of carbonyl (C=O) groups is 1. The standard InChI is InChI=1S/C22H20N4O4/c1-13-5-4-10-25-19(13)24-20-17(21(25)27)11-16(22(28)30-3)18(23)26(20)12-14-6-8-15(29-2)9-7-14/h4-11,23H,12H2,1-3H3. The molecule has 0 aliphatic carbocycles. The summed E-state index contributed by atoms with van der Waals surface area (Å²) in [5.74, 6) is 0.0279. The predicted molar refractivity (Wildman–Crippen MR) is 111 cm³/mol. The van der Waals surface area contributed by atoms with Crippen LogP contribution in [0, 0.1) is 12.3 Å². The number of hydrogen-bond acceptors (Lipinski definition) is 6. The summed E-state index contributed by atoms with van der Waals surface area (Å²) in [6.07, 6.45) is 1.64. The molecule has 0 saturated carbocycles. The first-order valence-electron chi connectivity index (χ1n) is 9.26. The Morgan fingerprint density at radius 1 is 1.13 bits per heavy atom. The van der Waals surface area contributed by atoms with Crippen molar-refractivity contribution in [1.29, 1.82) is 5.41 Å². The van der Waals surface area contributed by atoms with E-state index in [2.05, 4.69) is 4.98 Å². The minimum absolute atomic E-state index is 0.00464. The van der Waals surface area contributed by atoms with Crippen molar-refractivity contribution < 1.29 is 14.3 Å². The van der Waals surface area contributed by atoms with Crippen LogP contribution in [0.2, 0.25) is 0 Å². The van der Waals surface area contributed by atoms with E-state index in [4.69, 9.17) is 14.9 Å². The Morgan fingerprint density at radius 2 is 1.87 bits per heavy atom. The van der Waals surface area contributed by atoms with Gasteiger partial charge in [-0.2, -0.15) is 0 Å². The first-order chi connectivity index (χ1) is 14.4. The molecule has 30 heavy (non-hydrogen) atoms. The van der Waals surface area contributed by atoms with Crippen molar-refractivity contribution in [2.75, 3.05) is 14.2 Å². The number of fused-ring (bicyclic) bond motifs is 2. The minimum Gasteiger partial charge on any atom is -0.497 e. The molecule has 4 aromatic rings. The van der Waals surface area contributed by atoms with Crippen LogP contribution in [0.5, 0.6) is 5.75 Å².